The van der Waals surface area contributed by atoms with Crippen LogP contribution in [0, 0.1) is 5.92 Å². The Kier molecular flexibility index (Phi) is 3.92. The topological polar surface area (TPSA) is 50.4 Å². The monoisotopic (exact) mass is 274 g/mol. The number of hydrogen-bond acceptors (Lipinski definition) is 3. The third-order valence-corrected chi connectivity index (χ3v) is 4.37. The Hall–Kier alpha value is -1.55. The third kappa shape index (κ3) is 2.66. The van der Waals surface area contributed by atoms with Crippen LogP contribution in [0.2, 0.25) is 0 Å². The van der Waals surface area contributed by atoms with Crippen molar-refractivity contribution in [1.29, 1.82) is 0 Å². The number of rotatable bonds is 3. The van der Waals surface area contributed by atoms with Gasteiger partial charge in [0.1, 0.15) is 0 Å². The van der Waals surface area contributed by atoms with Crippen molar-refractivity contribution in [2.24, 2.45) is 5.92 Å². The number of carbonyl (C=O) groups excluding carboxylic acids is 1. The maximum atomic E-state index is 12.5. The molecule has 0 radical (unpaired) electrons. The Bertz CT molecular complexity index is 495. The summed E-state index contributed by atoms with van der Waals surface area (Å²) in [5.74, 6) is 0.488. The van der Waals surface area contributed by atoms with Gasteiger partial charge in [0, 0.05) is 36.4 Å². The van der Waals surface area contributed by atoms with E-state index >= 15 is 0 Å². The van der Waals surface area contributed by atoms with Crippen LogP contribution < -0.4 is 10.6 Å². The normalized spacial score (nSPS) is 22.8. The number of amides is 1. The summed E-state index contributed by atoms with van der Waals surface area (Å²) in [4.78, 5) is 12.5. The van der Waals surface area contributed by atoms with E-state index in [1.807, 2.05) is 12.1 Å². The molecule has 4 heteroatoms. The molecule has 20 heavy (non-hydrogen) atoms. The fourth-order valence-corrected chi connectivity index (χ4v) is 3.07. The Morgan fingerprint density at radius 1 is 1.50 bits per heavy atom. The lowest BCUT2D eigenvalue weighted by Crippen LogP contribution is -2.39. The van der Waals surface area contributed by atoms with Gasteiger partial charge in [-0.05, 0) is 43.9 Å². The molecule has 2 unspecified atom stereocenters. The van der Waals surface area contributed by atoms with Crippen LogP contribution in [-0.2, 0) is 11.2 Å². The molecule has 3 rings (SSSR count). The van der Waals surface area contributed by atoms with Gasteiger partial charge in [-0.3, -0.25) is 4.79 Å². The molecule has 1 saturated heterocycles. The first-order valence-corrected chi connectivity index (χ1v) is 7.50. The number of carbonyl (C=O) groups is 1. The minimum absolute atomic E-state index is 0.0462. The minimum atomic E-state index is 0.0462. The predicted octanol–water partition coefficient (Wildman–Crippen LogP) is 2.20. The molecule has 0 saturated carbocycles. The van der Waals surface area contributed by atoms with Crippen LogP contribution in [0.15, 0.2) is 18.2 Å². The average molecular weight is 274 g/mol. The maximum Gasteiger partial charge on any atom is 0.251 e. The van der Waals surface area contributed by atoms with Crippen LogP contribution in [0.3, 0.4) is 0 Å². The number of hydrogen-bond donors (Lipinski definition) is 2. The molecule has 2 N–H and O–H groups in total. The van der Waals surface area contributed by atoms with E-state index in [-0.39, 0.29) is 11.9 Å². The second-order valence-electron chi connectivity index (χ2n) is 5.75. The summed E-state index contributed by atoms with van der Waals surface area (Å²) < 4.78 is 5.39. The van der Waals surface area contributed by atoms with Crippen LogP contribution in [0.4, 0.5) is 5.69 Å². The Morgan fingerprint density at radius 3 is 3.20 bits per heavy atom. The van der Waals surface area contributed by atoms with Crippen molar-refractivity contribution < 1.29 is 9.53 Å². The first-order valence-electron chi connectivity index (χ1n) is 7.50. The van der Waals surface area contributed by atoms with Crippen molar-refractivity contribution in [2.75, 3.05) is 25.1 Å². The molecule has 2 heterocycles. The van der Waals surface area contributed by atoms with Crippen LogP contribution >= 0.6 is 0 Å². The zero-order valence-electron chi connectivity index (χ0n) is 11.9. The van der Waals surface area contributed by atoms with Crippen LogP contribution in [-0.4, -0.2) is 31.7 Å². The molecule has 1 fully saturated rings. The van der Waals surface area contributed by atoms with Crippen LogP contribution in [0.25, 0.3) is 0 Å². The molecule has 1 aromatic rings. The van der Waals surface area contributed by atoms with Gasteiger partial charge in [0.05, 0.1) is 6.61 Å². The van der Waals surface area contributed by atoms with E-state index in [0.29, 0.717) is 5.92 Å². The van der Waals surface area contributed by atoms with Crippen LogP contribution in [0.1, 0.15) is 35.7 Å². The fourth-order valence-electron chi connectivity index (χ4n) is 3.07. The highest BCUT2D eigenvalue weighted by Crippen LogP contribution is 2.25. The zero-order valence-corrected chi connectivity index (χ0v) is 11.9. The molecule has 108 valence electrons. The molecule has 2 atom stereocenters. The van der Waals surface area contributed by atoms with Gasteiger partial charge in [-0.25, -0.2) is 0 Å². The predicted molar refractivity (Wildman–Crippen MR) is 79.1 cm³/mol. The van der Waals surface area contributed by atoms with E-state index in [4.69, 9.17) is 4.74 Å². The first kappa shape index (κ1) is 13.4. The van der Waals surface area contributed by atoms with E-state index < -0.39 is 0 Å². The molecule has 0 aromatic heterocycles. The summed E-state index contributed by atoms with van der Waals surface area (Å²) in [6.07, 6.45) is 3.10. The summed E-state index contributed by atoms with van der Waals surface area (Å²) in [7, 11) is 0. The second-order valence-corrected chi connectivity index (χ2v) is 5.75. The van der Waals surface area contributed by atoms with Gasteiger partial charge in [0.2, 0.25) is 0 Å². The molecule has 0 spiro atoms. The first-order chi connectivity index (χ1) is 9.75. The smallest absolute Gasteiger partial charge is 0.251 e. The molecule has 1 amide bonds. The molecule has 0 aliphatic carbocycles. The molecule has 0 bridgehead atoms. The van der Waals surface area contributed by atoms with E-state index in [1.165, 1.54) is 0 Å². The standard InChI is InChI=1S/C16H22N2O2/c1-11(12-7-9-20-10-12)18-16(19)14-4-2-6-15-13(14)5-3-8-17-15/h2,4,6,11-12,17H,3,5,7-10H2,1H3,(H,18,19). The molecule has 2 aliphatic rings. The van der Waals surface area contributed by atoms with Gasteiger partial charge < -0.3 is 15.4 Å². The van der Waals surface area contributed by atoms with Gasteiger partial charge in [-0.2, -0.15) is 0 Å². The Morgan fingerprint density at radius 2 is 2.40 bits per heavy atom. The van der Waals surface area contributed by atoms with Crippen molar-refractivity contribution >= 4 is 11.6 Å². The SMILES string of the molecule is CC(NC(=O)c1cccc2c1CCCN2)C1CCOC1. The molecular weight excluding hydrogens is 252 g/mol. The van der Waals surface area contributed by atoms with Gasteiger partial charge in [-0.1, -0.05) is 6.07 Å². The zero-order chi connectivity index (χ0) is 13.9. The van der Waals surface area contributed by atoms with Crippen molar-refractivity contribution in [1.82, 2.24) is 5.32 Å². The van der Waals surface area contributed by atoms with E-state index in [1.54, 1.807) is 0 Å². The molecule has 4 nitrogen and oxygen atoms in total. The van der Waals surface area contributed by atoms with Gasteiger partial charge in [-0.15, -0.1) is 0 Å². The largest absolute Gasteiger partial charge is 0.385 e. The summed E-state index contributed by atoms with van der Waals surface area (Å²) in [6.45, 7) is 4.64. The highest BCUT2D eigenvalue weighted by atomic mass is 16.5. The van der Waals surface area contributed by atoms with Gasteiger partial charge in [0.15, 0.2) is 0 Å². The van der Waals surface area contributed by atoms with Crippen molar-refractivity contribution in [3.05, 3.63) is 29.3 Å². The highest BCUT2D eigenvalue weighted by Gasteiger charge is 2.25. The molecule has 1 aromatic carbocycles. The van der Waals surface area contributed by atoms with Gasteiger partial charge in [0.25, 0.3) is 5.91 Å². The van der Waals surface area contributed by atoms with Gasteiger partial charge >= 0.3 is 0 Å². The maximum absolute atomic E-state index is 12.5. The molecule has 2 aliphatic heterocycles. The second kappa shape index (κ2) is 5.83. The highest BCUT2D eigenvalue weighted by molar-refractivity contribution is 5.97. The number of fused-ring (bicyclic) bond motifs is 1. The summed E-state index contributed by atoms with van der Waals surface area (Å²) in [6, 6.07) is 6.10. The number of nitrogens with one attached hydrogen (secondary N) is 2. The number of ether oxygens (including phenoxy) is 1. The Balaban J connectivity index is 1.73. The summed E-state index contributed by atoms with van der Waals surface area (Å²) >= 11 is 0. The third-order valence-electron chi connectivity index (χ3n) is 4.37. The average Bonchev–Trinajstić information content (AvgIpc) is 3.01. The minimum Gasteiger partial charge on any atom is -0.385 e. The van der Waals surface area contributed by atoms with Crippen molar-refractivity contribution in [2.45, 2.75) is 32.2 Å². The van der Waals surface area contributed by atoms with Crippen molar-refractivity contribution in [3.8, 4) is 0 Å². The van der Waals surface area contributed by atoms with E-state index in [0.717, 1.165) is 55.8 Å². The van der Waals surface area contributed by atoms with Crippen LogP contribution in [0.5, 0.6) is 0 Å². The number of benzene rings is 1. The lowest BCUT2D eigenvalue weighted by Gasteiger charge is -2.23. The van der Waals surface area contributed by atoms with E-state index in [2.05, 4.69) is 23.6 Å². The fraction of sp³-hybridized carbons (Fsp3) is 0.562. The van der Waals surface area contributed by atoms with Crippen molar-refractivity contribution in [3.63, 3.8) is 0 Å². The lowest BCUT2D eigenvalue weighted by molar-refractivity contribution is 0.0921. The Labute approximate surface area is 119 Å². The summed E-state index contributed by atoms with van der Waals surface area (Å²) in [5.41, 5.74) is 3.09. The lowest BCUT2D eigenvalue weighted by atomic mass is 9.96. The van der Waals surface area contributed by atoms with E-state index in [9.17, 15) is 4.79 Å². The summed E-state index contributed by atoms with van der Waals surface area (Å²) in [5, 5.41) is 6.51. The number of anilines is 1. The molecular formula is C16H22N2O2. The quantitative estimate of drug-likeness (QED) is 0.888.